The minimum atomic E-state index is -3.42. The van der Waals surface area contributed by atoms with Crippen LogP contribution in [0.3, 0.4) is 0 Å². The first kappa shape index (κ1) is 15.2. The second-order valence-corrected chi connectivity index (χ2v) is 6.70. The summed E-state index contributed by atoms with van der Waals surface area (Å²) in [6, 6.07) is 3.58. The van der Waals surface area contributed by atoms with Gasteiger partial charge in [0.25, 0.3) is 10.2 Å². The molecule has 7 heteroatoms. The van der Waals surface area contributed by atoms with E-state index in [0.717, 1.165) is 24.8 Å². The van der Waals surface area contributed by atoms with Crippen LogP contribution in [-0.2, 0) is 16.8 Å². The van der Waals surface area contributed by atoms with Gasteiger partial charge in [-0.05, 0) is 25.3 Å². The average molecular weight is 299 g/mol. The Bertz CT molecular complexity index is 530. The molecule has 0 radical (unpaired) electrons. The Kier molecular flexibility index (Phi) is 4.95. The van der Waals surface area contributed by atoms with E-state index in [2.05, 4.69) is 9.71 Å². The number of nitrogens with one attached hydrogen (secondary N) is 1. The lowest BCUT2D eigenvalue weighted by Gasteiger charge is -2.32. The third kappa shape index (κ3) is 3.68. The molecule has 1 aromatic rings. The summed E-state index contributed by atoms with van der Waals surface area (Å²) in [6.45, 7) is 2.78. The number of ether oxygens (including phenoxy) is 1. The molecule has 112 valence electrons. The van der Waals surface area contributed by atoms with Crippen molar-refractivity contribution in [3.05, 3.63) is 23.9 Å². The third-order valence-electron chi connectivity index (χ3n) is 3.52. The van der Waals surface area contributed by atoms with Crippen LogP contribution in [0, 0.1) is 0 Å². The van der Waals surface area contributed by atoms with Crippen LogP contribution in [0.2, 0.25) is 0 Å². The van der Waals surface area contributed by atoms with Crippen LogP contribution in [0.4, 0.5) is 0 Å². The molecule has 1 aromatic heterocycles. The van der Waals surface area contributed by atoms with E-state index < -0.39 is 10.2 Å². The second-order valence-electron chi connectivity index (χ2n) is 4.99. The zero-order chi connectivity index (χ0) is 14.6. The molecule has 2 rings (SSSR count). The number of pyridine rings is 1. The largest absolute Gasteiger partial charge is 0.481 e. The van der Waals surface area contributed by atoms with Crippen molar-refractivity contribution in [3.63, 3.8) is 0 Å². The van der Waals surface area contributed by atoms with Crippen molar-refractivity contribution in [2.75, 3.05) is 13.7 Å². The first-order valence-electron chi connectivity index (χ1n) is 6.78. The maximum Gasteiger partial charge on any atom is 0.279 e. The van der Waals surface area contributed by atoms with E-state index in [1.165, 1.54) is 0 Å². The number of rotatable bonds is 5. The normalized spacial score (nSPS) is 20.8. The van der Waals surface area contributed by atoms with Gasteiger partial charge in [-0.25, -0.2) is 4.98 Å². The maximum absolute atomic E-state index is 12.3. The van der Waals surface area contributed by atoms with Crippen molar-refractivity contribution in [2.45, 2.75) is 38.8 Å². The first-order chi connectivity index (χ1) is 9.53. The minimum Gasteiger partial charge on any atom is -0.481 e. The van der Waals surface area contributed by atoms with Crippen LogP contribution in [0.5, 0.6) is 5.88 Å². The quantitative estimate of drug-likeness (QED) is 0.889. The molecule has 1 fully saturated rings. The van der Waals surface area contributed by atoms with E-state index in [-0.39, 0.29) is 12.6 Å². The van der Waals surface area contributed by atoms with Crippen LogP contribution in [0.1, 0.15) is 31.7 Å². The van der Waals surface area contributed by atoms with E-state index in [0.29, 0.717) is 12.4 Å². The van der Waals surface area contributed by atoms with Gasteiger partial charge in [-0.3, -0.25) is 0 Å². The van der Waals surface area contributed by atoms with Gasteiger partial charge in [-0.15, -0.1) is 0 Å². The fraction of sp³-hybridized carbons (Fsp3) is 0.615. The molecule has 6 nitrogen and oxygen atoms in total. The lowest BCUT2D eigenvalue weighted by Crippen LogP contribution is -2.47. The van der Waals surface area contributed by atoms with E-state index in [4.69, 9.17) is 4.74 Å². The highest BCUT2D eigenvalue weighted by molar-refractivity contribution is 7.87. The molecule has 1 aliphatic rings. The van der Waals surface area contributed by atoms with Crippen LogP contribution in [0.15, 0.2) is 18.3 Å². The average Bonchev–Trinajstić information content (AvgIpc) is 2.46. The topological polar surface area (TPSA) is 71.5 Å². The lowest BCUT2D eigenvalue weighted by molar-refractivity contribution is 0.265. The highest BCUT2D eigenvalue weighted by Crippen LogP contribution is 2.19. The van der Waals surface area contributed by atoms with Crippen LogP contribution < -0.4 is 9.46 Å². The van der Waals surface area contributed by atoms with E-state index >= 15 is 0 Å². The second kappa shape index (κ2) is 6.51. The number of nitrogens with zero attached hydrogens (tertiary/aromatic N) is 2. The predicted octanol–water partition coefficient (Wildman–Crippen LogP) is 1.30. The van der Waals surface area contributed by atoms with Gasteiger partial charge in [0.2, 0.25) is 5.88 Å². The van der Waals surface area contributed by atoms with Gasteiger partial charge in [0.1, 0.15) is 0 Å². The molecular weight excluding hydrogens is 278 g/mol. The smallest absolute Gasteiger partial charge is 0.279 e. The van der Waals surface area contributed by atoms with E-state index in [1.54, 1.807) is 29.7 Å². The fourth-order valence-electron chi connectivity index (χ4n) is 2.32. The molecule has 0 spiro atoms. The number of methoxy groups -OCH3 is 1. The number of hydrogen-bond donors (Lipinski definition) is 1. The maximum atomic E-state index is 12.3. The summed E-state index contributed by atoms with van der Waals surface area (Å²) >= 11 is 0. The first-order valence-corrected chi connectivity index (χ1v) is 8.22. The summed E-state index contributed by atoms with van der Waals surface area (Å²) in [4.78, 5) is 4.05. The van der Waals surface area contributed by atoms with E-state index in [1.807, 2.05) is 6.92 Å². The van der Waals surface area contributed by atoms with Crippen molar-refractivity contribution < 1.29 is 13.2 Å². The summed E-state index contributed by atoms with van der Waals surface area (Å²) in [5.74, 6) is 0.515. The van der Waals surface area contributed by atoms with Gasteiger partial charge in [0.15, 0.2) is 0 Å². The molecule has 1 saturated heterocycles. The Hall–Kier alpha value is -1.18. The zero-order valence-corrected chi connectivity index (χ0v) is 12.7. The number of hydrogen-bond acceptors (Lipinski definition) is 4. The Balaban J connectivity index is 1.97. The Labute approximate surface area is 120 Å². The van der Waals surface area contributed by atoms with Crippen LogP contribution in [0.25, 0.3) is 0 Å². The molecule has 0 aromatic carbocycles. The summed E-state index contributed by atoms with van der Waals surface area (Å²) in [5, 5.41) is 0. The monoisotopic (exact) mass is 299 g/mol. The summed E-state index contributed by atoms with van der Waals surface area (Å²) in [7, 11) is -1.88. The lowest BCUT2D eigenvalue weighted by atomic mass is 10.1. The highest BCUT2D eigenvalue weighted by Gasteiger charge is 2.28. The van der Waals surface area contributed by atoms with Gasteiger partial charge >= 0.3 is 0 Å². The van der Waals surface area contributed by atoms with Gasteiger partial charge in [0, 0.05) is 31.4 Å². The SMILES string of the molecule is COc1ccc(CNS(=O)(=O)N2CCCCC2C)cn1. The Morgan fingerprint density at radius 1 is 1.45 bits per heavy atom. The Morgan fingerprint density at radius 3 is 2.85 bits per heavy atom. The van der Waals surface area contributed by atoms with Crippen molar-refractivity contribution in [3.8, 4) is 5.88 Å². The molecule has 1 aliphatic heterocycles. The van der Waals surface area contributed by atoms with Crippen LogP contribution >= 0.6 is 0 Å². The summed E-state index contributed by atoms with van der Waals surface area (Å²) in [6.07, 6.45) is 4.55. The zero-order valence-electron chi connectivity index (χ0n) is 11.9. The van der Waals surface area contributed by atoms with Crippen molar-refractivity contribution in [2.24, 2.45) is 0 Å². The molecule has 20 heavy (non-hydrogen) atoms. The summed E-state index contributed by atoms with van der Waals surface area (Å²) < 4.78 is 33.7. The Morgan fingerprint density at radius 2 is 2.25 bits per heavy atom. The number of piperidine rings is 1. The van der Waals surface area contributed by atoms with Gasteiger partial charge < -0.3 is 4.74 Å². The molecular formula is C13H21N3O3S. The van der Waals surface area contributed by atoms with Gasteiger partial charge in [-0.2, -0.15) is 17.4 Å². The molecule has 1 unspecified atom stereocenters. The molecule has 2 heterocycles. The predicted molar refractivity (Wildman–Crippen MR) is 76.6 cm³/mol. The fourth-order valence-corrected chi connectivity index (χ4v) is 3.79. The van der Waals surface area contributed by atoms with E-state index in [9.17, 15) is 8.42 Å². The molecule has 0 amide bonds. The molecule has 0 bridgehead atoms. The molecule has 0 aliphatic carbocycles. The molecule has 1 N–H and O–H groups in total. The number of aromatic nitrogens is 1. The summed E-state index contributed by atoms with van der Waals surface area (Å²) in [5.41, 5.74) is 0.805. The van der Waals surface area contributed by atoms with Crippen LogP contribution in [-0.4, -0.2) is 37.4 Å². The van der Waals surface area contributed by atoms with Gasteiger partial charge in [0.05, 0.1) is 7.11 Å². The van der Waals surface area contributed by atoms with Crippen molar-refractivity contribution in [1.29, 1.82) is 0 Å². The highest BCUT2D eigenvalue weighted by atomic mass is 32.2. The third-order valence-corrected chi connectivity index (χ3v) is 5.19. The molecule has 1 atom stereocenters. The molecule has 0 saturated carbocycles. The van der Waals surface area contributed by atoms with Gasteiger partial charge in [-0.1, -0.05) is 12.5 Å². The van der Waals surface area contributed by atoms with Crippen molar-refractivity contribution in [1.82, 2.24) is 14.0 Å². The minimum absolute atomic E-state index is 0.0650. The van der Waals surface area contributed by atoms with Crippen molar-refractivity contribution >= 4 is 10.2 Å². The standard InChI is InChI=1S/C13H21N3O3S/c1-11-5-3-4-8-16(11)20(17,18)15-10-12-6-7-13(19-2)14-9-12/h6-7,9,11,15H,3-5,8,10H2,1-2H3.